The predicted octanol–water partition coefficient (Wildman–Crippen LogP) is 2.01. The molecule has 3 N–H and O–H groups in total. The molecule has 2 saturated heterocycles. The van der Waals surface area contributed by atoms with Crippen LogP contribution in [0.25, 0.3) is 10.9 Å². The van der Waals surface area contributed by atoms with Gasteiger partial charge in [-0.3, -0.25) is 0 Å². The number of fused-ring (bicyclic) bond motifs is 1. The van der Waals surface area contributed by atoms with Crippen LogP contribution in [0.4, 0.5) is 23.4 Å². The fourth-order valence-electron chi connectivity index (χ4n) is 4.21. The summed E-state index contributed by atoms with van der Waals surface area (Å²) in [5, 5.41) is 26.2. The molecule has 2 fully saturated rings. The first-order valence-corrected chi connectivity index (χ1v) is 11.3. The Morgan fingerprint density at radius 3 is 2.53 bits per heavy atom. The molecule has 0 amide bonds. The minimum absolute atomic E-state index is 0.451. The molecule has 168 valence electrons. The fourth-order valence-corrected chi connectivity index (χ4v) is 4.21. The first-order valence-electron chi connectivity index (χ1n) is 11.3. The van der Waals surface area contributed by atoms with E-state index in [1.54, 1.807) is 13.1 Å². The number of piperazine rings is 1. The first-order chi connectivity index (χ1) is 15.7. The van der Waals surface area contributed by atoms with Crippen LogP contribution in [0.1, 0.15) is 38.0 Å². The van der Waals surface area contributed by atoms with Crippen LogP contribution < -0.4 is 20.4 Å². The number of hydrogen-bond acceptors (Lipinski definition) is 10. The van der Waals surface area contributed by atoms with Gasteiger partial charge in [-0.25, -0.2) is 15.0 Å². The molecule has 0 unspecified atom stereocenters. The Morgan fingerprint density at radius 2 is 1.81 bits per heavy atom. The van der Waals surface area contributed by atoms with Crippen LogP contribution in [0, 0.1) is 0 Å². The van der Waals surface area contributed by atoms with Gasteiger partial charge in [0.2, 0.25) is 5.95 Å². The van der Waals surface area contributed by atoms with E-state index in [2.05, 4.69) is 35.6 Å². The van der Waals surface area contributed by atoms with Gasteiger partial charge in [0.05, 0.1) is 11.8 Å². The second kappa shape index (κ2) is 9.17. The molecule has 2 aliphatic heterocycles. The van der Waals surface area contributed by atoms with Crippen LogP contribution in [0.2, 0.25) is 0 Å². The van der Waals surface area contributed by atoms with Crippen molar-refractivity contribution in [3.63, 3.8) is 0 Å². The van der Waals surface area contributed by atoms with E-state index in [9.17, 15) is 5.11 Å². The monoisotopic (exact) mass is 435 g/mol. The largest absolute Gasteiger partial charge is 0.387 e. The highest BCUT2D eigenvalue weighted by molar-refractivity contribution is 5.89. The number of anilines is 4. The van der Waals surface area contributed by atoms with Crippen LogP contribution in [0.3, 0.4) is 0 Å². The maximum atomic E-state index is 10.1. The maximum absolute atomic E-state index is 10.1. The number of hydrogen-bond donors (Lipinski definition) is 3. The quantitative estimate of drug-likeness (QED) is 0.550. The molecule has 3 aromatic rings. The van der Waals surface area contributed by atoms with Gasteiger partial charge in [0, 0.05) is 50.9 Å². The van der Waals surface area contributed by atoms with E-state index < -0.39 is 6.10 Å². The zero-order valence-electron chi connectivity index (χ0n) is 18.3. The number of piperidine rings is 1. The lowest BCUT2D eigenvalue weighted by molar-refractivity contribution is 0.194. The predicted molar refractivity (Wildman–Crippen MR) is 124 cm³/mol. The lowest BCUT2D eigenvalue weighted by Crippen LogP contribution is -2.43. The molecule has 3 aromatic heterocycles. The Kier molecular flexibility index (Phi) is 5.95. The van der Waals surface area contributed by atoms with E-state index in [0.29, 0.717) is 17.5 Å². The molecule has 5 heterocycles. The Bertz CT molecular complexity index is 1060. The van der Waals surface area contributed by atoms with Crippen molar-refractivity contribution in [2.75, 3.05) is 54.4 Å². The number of pyridine rings is 1. The third-order valence-electron chi connectivity index (χ3n) is 5.98. The van der Waals surface area contributed by atoms with Gasteiger partial charge in [-0.1, -0.05) is 0 Å². The molecule has 10 nitrogen and oxygen atoms in total. The topological polar surface area (TPSA) is 115 Å². The molecule has 5 rings (SSSR count). The molecule has 0 radical (unpaired) electrons. The summed E-state index contributed by atoms with van der Waals surface area (Å²) in [6, 6.07) is 5.73. The van der Waals surface area contributed by atoms with Crippen LogP contribution in [0.15, 0.2) is 24.4 Å². The number of nitrogens with one attached hydrogen (secondary N) is 2. The Balaban J connectivity index is 1.42. The van der Waals surface area contributed by atoms with Crippen molar-refractivity contribution in [2.24, 2.45) is 0 Å². The second-order valence-electron chi connectivity index (χ2n) is 8.36. The van der Waals surface area contributed by atoms with Crippen molar-refractivity contribution in [3.8, 4) is 0 Å². The fraction of sp³-hybridized carbons (Fsp3) is 0.500. The van der Waals surface area contributed by atoms with Crippen molar-refractivity contribution in [2.45, 2.75) is 32.3 Å². The van der Waals surface area contributed by atoms with Gasteiger partial charge in [-0.2, -0.15) is 0 Å². The van der Waals surface area contributed by atoms with Crippen molar-refractivity contribution in [3.05, 3.63) is 30.1 Å². The normalized spacial score (nSPS) is 18.1. The highest BCUT2D eigenvalue weighted by Crippen LogP contribution is 2.29. The molecule has 2 aliphatic rings. The molecular formula is C22H29N9O. The van der Waals surface area contributed by atoms with Gasteiger partial charge in [0.15, 0.2) is 17.5 Å². The summed E-state index contributed by atoms with van der Waals surface area (Å²) in [6.07, 6.45) is 4.62. The molecule has 32 heavy (non-hydrogen) atoms. The van der Waals surface area contributed by atoms with Crippen molar-refractivity contribution < 1.29 is 5.11 Å². The molecule has 1 atom stereocenters. The van der Waals surface area contributed by atoms with E-state index >= 15 is 0 Å². The van der Waals surface area contributed by atoms with Crippen LogP contribution in [-0.4, -0.2) is 69.5 Å². The SMILES string of the molecule is C[C@@H](O)c1cc2cnc(Nc3ccc(N4CCNCC4)nn3)nc2c(N2CCCCC2)n1. The molecule has 0 aliphatic carbocycles. The number of aliphatic hydroxyl groups excluding tert-OH is 1. The summed E-state index contributed by atoms with van der Waals surface area (Å²) in [5.41, 5.74) is 1.41. The average molecular weight is 436 g/mol. The average Bonchev–Trinajstić information content (AvgIpc) is 2.85. The summed E-state index contributed by atoms with van der Waals surface area (Å²) in [4.78, 5) is 18.5. The molecule has 10 heteroatoms. The standard InChI is InChI=1S/C22H29N9O/c1-15(32)17-13-16-14-24-22(27-20(16)21(25-17)31-9-3-2-4-10-31)26-18-5-6-19(29-28-18)30-11-7-23-8-12-30/h5-6,13-15,23,32H,2-4,7-12H2,1H3,(H,24,26,27,28)/t15-/m1/s1. The van der Waals surface area contributed by atoms with Gasteiger partial charge in [0.1, 0.15) is 5.52 Å². The van der Waals surface area contributed by atoms with Gasteiger partial charge < -0.3 is 25.5 Å². The molecule has 0 saturated carbocycles. The van der Waals surface area contributed by atoms with Gasteiger partial charge >= 0.3 is 0 Å². The minimum Gasteiger partial charge on any atom is -0.387 e. The van der Waals surface area contributed by atoms with Crippen LogP contribution >= 0.6 is 0 Å². The van der Waals surface area contributed by atoms with E-state index in [1.807, 2.05) is 18.2 Å². The summed E-state index contributed by atoms with van der Waals surface area (Å²) in [7, 11) is 0. The van der Waals surface area contributed by atoms with E-state index in [1.165, 1.54) is 6.42 Å². The number of rotatable bonds is 5. The third-order valence-corrected chi connectivity index (χ3v) is 5.98. The minimum atomic E-state index is -0.648. The van der Waals surface area contributed by atoms with Gasteiger partial charge in [-0.15, -0.1) is 10.2 Å². The molecule has 0 spiro atoms. The Morgan fingerprint density at radius 1 is 1.00 bits per heavy atom. The zero-order valence-corrected chi connectivity index (χ0v) is 18.3. The van der Waals surface area contributed by atoms with Crippen LogP contribution in [0.5, 0.6) is 0 Å². The Labute approximate surface area is 187 Å². The highest BCUT2D eigenvalue weighted by atomic mass is 16.3. The smallest absolute Gasteiger partial charge is 0.229 e. The second-order valence-corrected chi connectivity index (χ2v) is 8.36. The summed E-state index contributed by atoms with van der Waals surface area (Å²) in [5.74, 6) is 2.73. The van der Waals surface area contributed by atoms with E-state index in [-0.39, 0.29) is 0 Å². The number of aromatic nitrogens is 5. The zero-order chi connectivity index (χ0) is 21.9. The number of aliphatic hydroxyl groups is 1. The maximum Gasteiger partial charge on any atom is 0.229 e. The summed E-state index contributed by atoms with van der Waals surface area (Å²) >= 11 is 0. The van der Waals surface area contributed by atoms with E-state index in [4.69, 9.17) is 9.97 Å². The molecule has 0 aromatic carbocycles. The van der Waals surface area contributed by atoms with Gasteiger partial charge in [-0.05, 0) is 44.4 Å². The lowest BCUT2D eigenvalue weighted by Gasteiger charge is -2.29. The summed E-state index contributed by atoms with van der Waals surface area (Å²) in [6.45, 7) is 7.38. The van der Waals surface area contributed by atoms with Crippen molar-refractivity contribution >= 4 is 34.3 Å². The summed E-state index contributed by atoms with van der Waals surface area (Å²) < 4.78 is 0. The lowest BCUT2D eigenvalue weighted by atomic mass is 10.1. The van der Waals surface area contributed by atoms with Crippen LogP contribution in [-0.2, 0) is 0 Å². The highest BCUT2D eigenvalue weighted by Gasteiger charge is 2.19. The number of nitrogens with zero attached hydrogens (tertiary/aromatic N) is 7. The van der Waals surface area contributed by atoms with Crippen molar-refractivity contribution in [1.82, 2.24) is 30.5 Å². The first kappa shape index (κ1) is 20.8. The molecule has 0 bridgehead atoms. The van der Waals surface area contributed by atoms with Crippen molar-refractivity contribution in [1.29, 1.82) is 0 Å². The van der Waals surface area contributed by atoms with E-state index in [0.717, 1.165) is 74.6 Å². The third kappa shape index (κ3) is 4.42. The molecular weight excluding hydrogens is 406 g/mol. The Hall–Kier alpha value is -3.11. The van der Waals surface area contributed by atoms with Gasteiger partial charge in [0.25, 0.3) is 0 Å².